The third kappa shape index (κ3) is 7.65. The van der Waals surface area contributed by atoms with E-state index in [4.69, 9.17) is 0 Å². The molecule has 0 saturated heterocycles. The molecule has 0 aliphatic heterocycles. The van der Waals surface area contributed by atoms with Crippen molar-refractivity contribution in [3.05, 3.63) is 241 Å². The predicted octanol–water partition coefficient (Wildman–Crippen LogP) is 16.5. The Morgan fingerprint density at radius 2 is 0.852 bits per heavy atom. The van der Waals surface area contributed by atoms with E-state index in [1.54, 1.807) is 0 Å². The Labute approximate surface area is 360 Å². The van der Waals surface area contributed by atoms with Gasteiger partial charge >= 0.3 is 0 Å². The van der Waals surface area contributed by atoms with Gasteiger partial charge in [0, 0.05) is 33.9 Å². The second kappa shape index (κ2) is 17.0. The second-order valence-electron chi connectivity index (χ2n) is 16.0. The quantitative estimate of drug-likeness (QED) is 0.136. The normalized spacial score (nSPS) is 13.0. The van der Waals surface area contributed by atoms with Gasteiger partial charge in [-0.3, -0.25) is 0 Å². The molecule has 0 heterocycles. The maximum atomic E-state index is 2.42. The maximum absolute atomic E-state index is 2.42. The van der Waals surface area contributed by atoms with Crippen LogP contribution in [0.2, 0.25) is 0 Å². The average molecular weight is 785 g/mol. The Morgan fingerprint density at radius 3 is 1.49 bits per heavy atom. The Hall–Kier alpha value is -7.42. The summed E-state index contributed by atoms with van der Waals surface area (Å²) < 4.78 is 0. The first-order chi connectivity index (χ1) is 30.2. The highest BCUT2D eigenvalue weighted by Gasteiger charge is 2.21. The van der Waals surface area contributed by atoms with E-state index in [1.807, 2.05) is 0 Å². The molecular formula is C59H48N2. The van der Waals surface area contributed by atoms with Crippen LogP contribution in [0.4, 0.5) is 28.4 Å². The van der Waals surface area contributed by atoms with Crippen molar-refractivity contribution in [2.24, 2.45) is 0 Å². The summed E-state index contributed by atoms with van der Waals surface area (Å²) in [6, 6.07) is 70.9. The lowest BCUT2D eigenvalue weighted by molar-refractivity contribution is 0.986. The van der Waals surface area contributed by atoms with Gasteiger partial charge in [-0.25, -0.2) is 0 Å². The number of anilines is 5. The number of allylic oxidation sites excluding steroid dienone is 4. The molecule has 0 spiro atoms. The number of nitrogens with zero attached hydrogens (tertiary/aromatic N) is 2. The molecule has 2 heteroatoms. The van der Waals surface area contributed by atoms with Gasteiger partial charge in [0.15, 0.2) is 0 Å². The lowest BCUT2D eigenvalue weighted by Gasteiger charge is -2.30. The highest BCUT2D eigenvalue weighted by molar-refractivity contribution is 5.91. The van der Waals surface area contributed by atoms with Crippen molar-refractivity contribution in [1.82, 2.24) is 0 Å². The van der Waals surface area contributed by atoms with Crippen LogP contribution in [0.25, 0.3) is 50.6 Å². The van der Waals surface area contributed by atoms with Crippen molar-refractivity contribution in [1.29, 1.82) is 0 Å². The summed E-state index contributed by atoms with van der Waals surface area (Å²) in [6.45, 7) is 2.18. The number of hydrogen-bond donors (Lipinski definition) is 0. The topological polar surface area (TPSA) is 6.48 Å². The van der Waals surface area contributed by atoms with Crippen LogP contribution in [0.3, 0.4) is 0 Å². The van der Waals surface area contributed by atoms with Crippen LogP contribution in [0.5, 0.6) is 0 Å². The van der Waals surface area contributed by atoms with Crippen molar-refractivity contribution < 1.29 is 0 Å². The van der Waals surface area contributed by atoms with E-state index < -0.39 is 0 Å². The standard InChI is InChI=1S/C59H48N2/c1-43-17-8-10-24-53(43)45-35-39-51(40-36-45)60(49-20-4-2-5-21-49)58-29-14-12-26-56(58)47-31-33-48(34-32-47)57-27-13-15-30-59(57)61(50-22-6-3-7-23-50)52-41-37-46(38-42-52)55-28-16-19-44-18-9-11-25-54(44)55/h3-4,6-8,10-17,19-42H,2,5,9,18H2,1H3. The summed E-state index contributed by atoms with van der Waals surface area (Å²) in [4.78, 5) is 4.80. The van der Waals surface area contributed by atoms with Gasteiger partial charge in [-0.05, 0) is 137 Å². The van der Waals surface area contributed by atoms with E-state index >= 15 is 0 Å². The zero-order chi connectivity index (χ0) is 41.0. The summed E-state index contributed by atoms with van der Waals surface area (Å²) >= 11 is 0. The van der Waals surface area contributed by atoms with E-state index in [-0.39, 0.29) is 0 Å². The van der Waals surface area contributed by atoms with Crippen LogP contribution < -0.4 is 9.80 Å². The van der Waals surface area contributed by atoms with Crippen molar-refractivity contribution in [2.45, 2.75) is 32.6 Å². The fraction of sp³-hybridized carbons (Fsp3) is 0.0847. The molecule has 10 rings (SSSR count). The minimum atomic E-state index is 1.02. The zero-order valence-corrected chi connectivity index (χ0v) is 34.6. The van der Waals surface area contributed by atoms with Gasteiger partial charge in [-0.15, -0.1) is 0 Å². The van der Waals surface area contributed by atoms with Crippen molar-refractivity contribution in [3.63, 3.8) is 0 Å². The fourth-order valence-electron chi connectivity index (χ4n) is 9.05. The zero-order valence-electron chi connectivity index (χ0n) is 34.6. The van der Waals surface area contributed by atoms with E-state index in [0.717, 1.165) is 54.1 Å². The van der Waals surface area contributed by atoms with Crippen LogP contribution in [0.1, 0.15) is 36.0 Å². The van der Waals surface area contributed by atoms with Gasteiger partial charge in [0.1, 0.15) is 0 Å². The van der Waals surface area contributed by atoms with Crippen molar-refractivity contribution in [2.75, 3.05) is 9.80 Å². The molecule has 0 unspecified atom stereocenters. The Morgan fingerprint density at radius 1 is 0.361 bits per heavy atom. The maximum Gasteiger partial charge on any atom is 0.0540 e. The second-order valence-corrected chi connectivity index (χ2v) is 16.0. The fourth-order valence-corrected chi connectivity index (χ4v) is 9.05. The summed E-state index contributed by atoms with van der Waals surface area (Å²) in [5.74, 6) is 0. The molecule has 0 radical (unpaired) electrons. The molecule has 0 atom stereocenters. The predicted molar refractivity (Wildman–Crippen MR) is 260 cm³/mol. The van der Waals surface area contributed by atoms with Crippen LogP contribution in [-0.2, 0) is 6.42 Å². The van der Waals surface area contributed by atoms with Gasteiger partial charge in [-0.1, -0.05) is 170 Å². The van der Waals surface area contributed by atoms with Crippen LogP contribution in [0, 0.1) is 6.92 Å². The highest BCUT2D eigenvalue weighted by atomic mass is 15.2. The minimum absolute atomic E-state index is 1.02. The monoisotopic (exact) mass is 784 g/mol. The lowest BCUT2D eigenvalue weighted by atomic mass is 9.90. The molecule has 0 N–H and O–H groups in total. The molecule has 2 aliphatic rings. The highest BCUT2D eigenvalue weighted by Crippen LogP contribution is 2.44. The Bertz CT molecular complexity index is 2900. The van der Waals surface area contributed by atoms with Crippen LogP contribution >= 0.6 is 0 Å². The largest absolute Gasteiger partial charge is 0.310 e. The van der Waals surface area contributed by atoms with E-state index in [0.29, 0.717) is 0 Å². The average Bonchev–Trinajstić information content (AvgIpc) is 3.33. The number of hydrogen-bond acceptors (Lipinski definition) is 2. The number of benzene rings is 8. The number of fused-ring (bicyclic) bond motifs is 1. The molecule has 0 saturated carbocycles. The van der Waals surface area contributed by atoms with Gasteiger partial charge in [0.2, 0.25) is 0 Å². The minimum Gasteiger partial charge on any atom is -0.310 e. The molecule has 2 aliphatic carbocycles. The van der Waals surface area contributed by atoms with E-state index in [1.165, 1.54) is 66.9 Å². The molecule has 8 aromatic rings. The summed E-state index contributed by atoms with van der Waals surface area (Å²) in [5, 5.41) is 0. The first kappa shape index (κ1) is 37.8. The first-order valence-electron chi connectivity index (χ1n) is 21.6. The van der Waals surface area contributed by atoms with Gasteiger partial charge in [0.25, 0.3) is 0 Å². The molecule has 0 amide bonds. The van der Waals surface area contributed by atoms with E-state index in [9.17, 15) is 0 Å². The molecule has 0 bridgehead atoms. The third-order valence-electron chi connectivity index (χ3n) is 12.1. The van der Waals surface area contributed by atoms with Gasteiger partial charge < -0.3 is 9.80 Å². The molecule has 294 valence electrons. The summed E-state index contributed by atoms with van der Waals surface area (Å²) in [7, 11) is 0. The molecule has 61 heavy (non-hydrogen) atoms. The first-order valence-corrected chi connectivity index (χ1v) is 21.6. The van der Waals surface area contributed by atoms with Crippen LogP contribution in [-0.4, -0.2) is 0 Å². The molecular weight excluding hydrogens is 737 g/mol. The Balaban J connectivity index is 1.00. The summed E-state index contributed by atoms with van der Waals surface area (Å²) in [6.07, 6.45) is 15.8. The number of aryl methyl sites for hydroxylation is 2. The Kier molecular flexibility index (Phi) is 10.6. The van der Waals surface area contributed by atoms with E-state index in [2.05, 4.69) is 241 Å². The number of para-hydroxylation sites is 3. The smallest absolute Gasteiger partial charge is 0.0540 e. The molecule has 8 aromatic carbocycles. The third-order valence-corrected chi connectivity index (χ3v) is 12.1. The SMILES string of the molecule is Cc1ccccc1-c1ccc(N(C2=CCCC=C2)c2ccccc2-c2ccc(-c3ccccc3N(c3ccccc3)c3ccc(-c4cccc5c4C=CCC5)cc3)cc2)cc1. The van der Waals surface area contributed by atoms with Gasteiger partial charge in [-0.2, -0.15) is 0 Å². The molecule has 2 nitrogen and oxygen atoms in total. The molecule has 0 aromatic heterocycles. The van der Waals surface area contributed by atoms with Crippen molar-refractivity contribution in [3.8, 4) is 44.5 Å². The molecule has 0 fully saturated rings. The number of rotatable bonds is 10. The summed E-state index contributed by atoms with van der Waals surface area (Å²) in [5.41, 5.74) is 20.6. The van der Waals surface area contributed by atoms with Gasteiger partial charge in [0.05, 0.1) is 11.4 Å². The lowest BCUT2D eigenvalue weighted by Crippen LogP contribution is -2.17. The van der Waals surface area contributed by atoms with Crippen LogP contribution in [0.15, 0.2) is 224 Å². The van der Waals surface area contributed by atoms with Crippen molar-refractivity contribution >= 4 is 34.5 Å².